The van der Waals surface area contributed by atoms with E-state index >= 15 is 0 Å². The lowest BCUT2D eigenvalue weighted by atomic mass is 10.1. The number of benzene rings is 1. The number of carbonyl (C=O) groups excluding carboxylic acids is 1. The molecule has 0 saturated heterocycles. The minimum absolute atomic E-state index is 0.0783. The highest BCUT2D eigenvalue weighted by Crippen LogP contribution is 2.19. The first kappa shape index (κ1) is 23.0. The van der Waals surface area contributed by atoms with Crippen LogP contribution in [0.2, 0.25) is 0 Å². The van der Waals surface area contributed by atoms with E-state index in [1.165, 1.54) is 38.5 Å². The highest BCUT2D eigenvalue weighted by atomic mass is 16.5. The molecule has 2 rings (SSSR count). The van der Waals surface area contributed by atoms with E-state index < -0.39 is 0 Å². The van der Waals surface area contributed by atoms with Crippen LogP contribution in [0.3, 0.4) is 0 Å². The first-order valence-electron chi connectivity index (χ1n) is 10.7. The maximum atomic E-state index is 12.1. The fraction of sp³-hybridized carbons (Fsp3) is 0.636. The largest absolute Gasteiger partial charge is 0.497 e. The van der Waals surface area contributed by atoms with Crippen molar-refractivity contribution in [3.05, 3.63) is 29.8 Å². The summed E-state index contributed by atoms with van der Waals surface area (Å²) in [5.74, 6) is 1.32. The number of nitrogens with zero attached hydrogens (tertiary/aromatic N) is 1. The van der Waals surface area contributed by atoms with Crippen LogP contribution in [0, 0.1) is 0 Å². The number of ether oxygens (including phenoxy) is 2. The molecule has 1 aliphatic carbocycles. The maximum absolute atomic E-state index is 12.1. The van der Waals surface area contributed by atoms with Crippen LogP contribution in [-0.2, 0) is 16.1 Å². The van der Waals surface area contributed by atoms with Crippen molar-refractivity contribution in [2.75, 3.05) is 33.4 Å². The predicted octanol–water partition coefficient (Wildman–Crippen LogP) is 2.61. The molecule has 0 unspecified atom stereocenters. The Labute approximate surface area is 174 Å². The van der Waals surface area contributed by atoms with E-state index in [0.717, 1.165) is 17.9 Å². The molecule has 1 aliphatic rings. The van der Waals surface area contributed by atoms with Crippen molar-refractivity contribution in [1.29, 1.82) is 0 Å². The van der Waals surface area contributed by atoms with Gasteiger partial charge in [0.25, 0.3) is 0 Å². The molecule has 0 heterocycles. The second-order valence-corrected chi connectivity index (χ2v) is 7.23. The lowest BCUT2D eigenvalue weighted by Gasteiger charge is -2.16. The summed E-state index contributed by atoms with van der Waals surface area (Å²) >= 11 is 0. The SMILES string of the molecule is CCNC(=NCC(=O)NCc1ccc(OC)cc1)NCCOC1CCCCCC1. The lowest BCUT2D eigenvalue weighted by Crippen LogP contribution is -2.40. The van der Waals surface area contributed by atoms with Crippen molar-refractivity contribution in [1.82, 2.24) is 16.0 Å². The van der Waals surface area contributed by atoms with E-state index in [2.05, 4.69) is 20.9 Å². The van der Waals surface area contributed by atoms with Crippen molar-refractivity contribution < 1.29 is 14.3 Å². The first-order chi connectivity index (χ1) is 14.2. The smallest absolute Gasteiger partial charge is 0.242 e. The molecule has 1 aromatic carbocycles. The van der Waals surface area contributed by atoms with Crippen molar-refractivity contribution >= 4 is 11.9 Å². The number of nitrogens with one attached hydrogen (secondary N) is 3. The standard InChI is InChI=1S/C22H36N4O3/c1-3-23-22(24-14-15-29-20-8-6-4-5-7-9-20)26-17-21(27)25-16-18-10-12-19(28-2)13-11-18/h10-13,20H,3-9,14-17H2,1-2H3,(H,25,27)(H2,23,24,26). The molecule has 29 heavy (non-hydrogen) atoms. The number of aliphatic imine (C=N–C) groups is 1. The van der Waals surface area contributed by atoms with Crippen LogP contribution in [-0.4, -0.2) is 51.3 Å². The average Bonchev–Trinajstić information content (AvgIpc) is 3.02. The average molecular weight is 405 g/mol. The molecule has 162 valence electrons. The van der Waals surface area contributed by atoms with Crippen LogP contribution in [0.1, 0.15) is 51.0 Å². The molecule has 0 aliphatic heterocycles. The highest BCUT2D eigenvalue weighted by molar-refractivity contribution is 5.84. The third-order valence-corrected chi connectivity index (χ3v) is 4.92. The molecule has 0 atom stereocenters. The zero-order valence-corrected chi connectivity index (χ0v) is 17.8. The minimum Gasteiger partial charge on any atom is -0.497 e. The predicted molar refractivity (Wildman–Crippen MR) is 116 cm³/mol. The van der Waals surface area contributed by atoms with Crippen molar-refractivity contribution in [3.8, 4) is 5.75 Å². The second kappa shape index (κ2) is 13.8. The summed E-state index contributed by atoms with van der Waals surface area (Å²) in [6, 6.07) is 7.62. The Bertz CT molecular complexity index is 611. The van der Waals surface area contributed by atoms with Gasteiger partial charge in [0.05, 0.1) is 19.8 Å². The van der Waals surface area contributed by atoms with Gasteiger partial charge in [-0.25, -0.2) is 4.99 Å². The van der Waals surface area contributed by atoms with Crippen molar-refractivity contribution in [2.45, 2.75) is 58.1 Å². The molecule has 1 saturated carbocycles. The molecule has 0 aromatic heterocycles. The molecule has 1 amide bonds. The molecular weight excluding hydrogens is 368 g/mol. The van der Waals surface area contributed by atoms with Crippen LogP contribution in [0.4, 0.5) is 0 Å². The van der Waals surface area contributed by atoms with E-state index in [1.807, 2.05) is 31.2 Å². The normalized spacial score (nSPS) is 15.4. The third kappa shape index (κ3) is 9.65. The molecule has 7 heteroatoms. The molecule has 0 bridgehead atoms. The Balaban J connectivity index is 1.67. The van der Waals surface area contributed by atoms with Crippen LogP contribution >= 0.6 is 0 Å². The Morgan fingerprint density at radius 3 is 2.45 bits per heavy atom. The fourth-order valence-corrected chi connectivity index (χ4v) is 3.30. The molecule has 3 N–H and O–H groups in total. The van der Waals surface area contributed by atoms with Crippen LogP contribution in [0.15, 0.2) is 29.3 Å². The number of guanidine groups is 1. The topological polar surface area (TPSA) is 84.0 Å². The van der Waals surface area contributed by atoms with E-state index in [-0.39, 0.29) is 12.5 Å². The van der Waals surface area contributed by atoms with Gasteiger partial charge < -0.3 is 25.4 Å². The lowest BCUT2D eigenvalue weighted by molar-refractivity contribution is -0.119. The summed E-state index contributed by atoms with van der Waals surface area (Å²) < 4.78 is 11.1. The van der Waals surface area contributed by atoms with Crippen molar-refractivity contribution in [3.63, 3.8) is 0 Å². The third-order valence-electron chi connectivity index (χ3n) is 4.92. The highest BCUT2D eigenvalue weighted by Gasteiger charge is 2.12. The number of rotatable bonds is 10. The van der Waals surface area contributed by atoms with Gasteiger partial charge in [-0.05, 0) is 37.5 Å². The van der Waals surface area contributed by atoms with Gasteiger partial charge in [-0.15, -0.1) is 0 Å². The minimum atomic E-state index is -0.118. The molecule has 7 nitrogen and oxygen atoms in total. The summed E-state index contributed by atoms with van der Waals surface area (Å²) in [7, 11) is 1.63. The van der Waals surface area contributed by atoms with Crippen LogP contribution < -0.4 is 20.7 Å². The van der Waals surface area contributed by atoms with Gasteiger partial charge in [-0.2, -0.15) is 0 Å². The van der Waals surface area contributed by atoms with Gasteiger partial charge in [-0.3, -0.25) is 4.79 Å². The maximum Gasteiger partial charge on any atom is 0.242 e. The van der Waals surface area contributed by atoms with Crippen LogP contribution in [0.5, 0.6) is 5.75 Å². The summed E-state index contributed by atoms with van der Waals surface area (Å²) in [4.78, 5) is 16.5. The molecule has 0 radical (unpaired) electrons. The van der Waals surface area contributed by atoms with E-state index in [9.17, 15) is 4.79 Å². The van der Waals surface area contributed by atoms with E-state index in [0.29, 0.717) is 31.8 Å². The quantitative estimate of drug-likeness (QED) is 0.242. The Morgan fingerprint density at radius 1 is 1.07 bits per heavy atom. The van der Waals surface area contributed by atoms with Gasteiger partial charge >= 0.3 is 0 Å². The Morgan fingerprint density at radius 2 is 1.79 bits per heavy atom. The van der Waals surface area contributed by atoms with Gasteiger partial charge in [0, 0.05) is 19.6 Å². The zero-order valence-electron chi connectivity index (χ0n) is 17.8. The fourth-order valence-electron chi connectivity index (χ4n) is 3.30. The van der Waals surface area contributed by atoms with Gasteiger partial charge in [0.2, 0.25) is 5.91 Å². The van der Waals surface area contributed by atoms with Gasteiger partial charge in [0.15, 0.2) is 5.96 Å². The number of hydrogen-bond acceptors (Lipinski definition) is 4. The molecule has 1 fully saturated rings. The van der Waals surface area contributed by atoms with Crippen molar-refractivity contribution in [2.24, 2.45) is 4.99 Å². The summed E-state index contributed by atoms with van der Waals surface area (Å²) in [6.45, 7) is 4.62. The number of methoxy groups -OCH3 is 1. The van der Waals surface area contributed by atoms with Crippen LogP contribution in [0.25, 0.3) is 0 Å². The molecular formula is C22H36N4O3. The molecule has 1 aromatic rings. The number of hydrogen-bond donors (Lipinski definition) is 3. The Kier molecular flexibility index (Phi) is 11.0. The summed E-state index contributed by atoms with van der Waals surface area (Å²) in [5.41, 5.74) is 1.02. The Hall–Kier alpha value is -2.28. The zero-order chi connectivity index (χ0) is 20.7. The first-order valence-corrected chi connectivity index (χ1v) is 10.7. The summed E-state index contributed by atoms with van der Waals surface area (Å²) in [5, 5.41) is 9.28. The van der Waals surface area contributed by atoms with Gasteiger partial charge in [-0.1, -0.05) is 37.8 Å². The van der Waals surface area contributed by atoms with E-state index in [4.69, 9.17) is 9.47 Å². The number of amides is 1. The van der Waals surface area contributed by atoms with Gasteiger partial charge in [0.1, 0.15) is 12.3 Å². The molecule has 0 spiro atoms. The van der Waals surface area contributed by atoms with E-state index in [1.54, 1.807) is 7.11 Å². The second-order valence-electron chi connectivity index (χ2n) is 7.23. The number of carbonyl (C=O) groups is 1. The summed E-state index contributed by atoms with van der Waals surface area (Å²) in [6.07, 6.45) is 7.93. The monoisotopic (exact) mass is 404 g/mol.